The SMILES string of the molecule is CC(=N)N.CCCCC(NC(=O)Cn1cccc(NSCc2ccccc2F)c1=O)C(C)O. The fraction of sp³-hybridized carbons (Fsp3) is 0.435. The Hall–Kier alpha value is -2.85. The van der Waals surface area contributed by atoms with Gasteiger partial charge in [-0.1, -0.05) is 38.0 Å². The molecule has 2 unspecified atom stereocenters. The third-order valence-corrected chi connectivity index (χ3v) is 5.32. The second kappa shape index (κ2) is 15.1. The summed E-state index contributed by atoms with van der Waals surface area (Å²) in [6.45, 7) is 5.08. The van der Waals surface area contributed by atoms with Crippen LogP contribution in [0.15, 0.2) is 47.4 Å². The number of hydrogen-bond acceptors (Lipinski definition) is 6. The van der Waals surface area contributed by atoms with Gasteiger partial charge in [0.15, 0.2) is 0 Å². The van der Waals surface area contributed by atoms with E-state index in [2.05, 4.69) is 10.0 Å². The van der Waals surface area contributed by atoms with Gasteiger partial charge in [-0.25, -0.2) is 4.39 Å². The standard InChI is InChI=1S/C21H28FN3O3S.C2H6N2/c1-3-4-10-18(15(2)26)23-20(27)13-25-12-7-11-19(21(25)28)24-29-14-16-8-5-6-9-17(16)22;1-2(3)4/h5-9,11-12,15,18,24,26H,3-4,10,13-14H2,1-2H3,(H,23,27);1H3,(H3,3,4). The molecule has 182 valence electrons. The number of nitrogens with one attached hydrogen (secondary N) is 3. The lowest BCUT2D eigenvalue weighted by Gasteiger charge is -2.21. The van der Waals surface area contributed by atoms with Crippen LogP contribution in [0.5, 0.6) is 0 Å². The Kier molecular flexibility index (Phi) is 12.9. The maximum absolute atomic E-state index is 13.7. The largest absolute Gasteiger partial charge is 0.391 e. The number of amides is 1. The summed E-state index contributed by atoms with van der Waals surface area (Å²) in [6, 6.07) is 9.42. The zero-order valence-electron chi connectivity index (χ0n) is 19.3. The summed E-state index contributed by atoms with van der Waals surface area (Å²) in [4.78, 5) is 24.9. The van der Waals surface area contributed by atoms with Gasteiger partial charge in [0.2, 0.25) is 5.91 Å². The molecule has 0 spiro atoms. The monoisotopic (exact) mass is 479 g/mol. The van der Waals surface area contributed by atoms with E-state index in [9.17, 15) is 19.1 Å². The number of carbonyl (C=O) groups is 1. The molecular formula is C23H34FN5O3S. The highest BCUT2D eigenvalue weighted by Crippen LogP contribution is 2.16. The predicted octanol–water partition coefficient (Wildman–Crippen LogP) is 3.25. The number of amidine groups is 1. The summed E-state index contributed by atoms with van der Waals surface area (Å²) in [6.07, 6.45) is 3.43. The van der Waals surface area contributed by atoms with Crippen LogP contribution in [-0.4, -0.2) is 33.6 Å². The number of benzene rings is 1. The molecular weight excluding hydrogens is 445 g/mol. The van der Waals surface area contributed by atoms with E-state index in [4.69, 9.17) is 11.1 Å². The first-order valence-corrected chi connectivity index (χ1v) is 11.7. The van der Waals surface area contributed by atoms with Crippen molar-refractivity contribution >= 4 is 29.4 Å². The Morgan fingerprint density at radius 1 is 1.30 bits per heavy atom. The normalized spacial score (nSPS) is 12.2. The lowest BCUT2D eigenvalue weighted by Crippen LogP contribution is -2.44. The summed E-state index contributed by atoms with van der Waals surface area (Å²) in [5, 5.41) is 18.9. The van der Waals surface area contributed by atoms with Crippen LogP contribution in [0.3, 0.4) is 0 Å². The number of aliphatic hydroxyl groups is 1. The van der Waals surface area contributed by atoms with Gasteiger partial charge in [0, 0.05) is 11.9 Å². The number of nitrogens with zero attached hydrogens (tertiary/aromatic N) is 1. The number of unbranched alkanes of at least 4 members (excludes halogenated alkanes) is 1. The molecule has 1 amide bonds. The van der Waals surface area contributed by atoms with Crippen LogP contribution in [0.2, 0.25) is 0 Å². The van der Waals surface area contributed by atoms with E-state index in [1.165, 1.54) is 35.7 Å². The van der Waals surface area contributed by atoms with E-state index in [0.717, 1.165) is 12.8 Å². The van der Waals surface area contributed by atoms with Gasteiger partial charge in [0.1, 0.15) is 18.0 Å². The number of nitrogens with two attached hydrogens (primary N) is 1. The van der Waals surface area contributed by atoms with Gasteiger partial charge in [0.05, 0.1) is 18.0 Å². The number of aromatic nitrogens is 1. The van der Waals surface area contributed by atoms with Gasteiger partial charge in [-0.15, -0.1) is 0 Å². The summed E-state index contributed by atoms with van der Waals surface area (Å²) in [7, 11) is 0. The van der Waals surface area contributed by atoms with Gasteiger partial charge in [-0.2, -0.15) is 0 Å². The summed E-state index contributed by atoms with van der Waals surface area (Å²) in [5.74, 6) is -0.0976. The first-order valence-electron chi connectivity index (χ1n) is 10.7. The number of pyridine rings is 1. The molecule has 0 saturated heterocycles. The van der Waals surface area contributed by atoms with Gasteiger partial charge in [-0.3, -0.25) is 15.0 Å². The zero-order valence-corrected chi connectivity index (χ0v) is 20.1. The minimum absolute atomic E-state index is 0.137. The van der Waals surface area contributed by atoms with Crippen LogP contribution in [0.1, 0.15) is 45.6 Å². The van der Waals surface area contributed by atoms with Crippen molar-refractivity contribution in [2.45, 2.75) is 64.5 Å². The molecule has 0 aliphatic heterocycles. The highest BCUT2D eigenvalue weighted by molar-refractivity contribution is 7.99. The number of anilines is 1. The first-order chi connectivity index (χ1) is 15.6. The van der Waals surface area contributed by atoms with E-state index in [0.29, 0.717) is 23.4 Å². The molecule has 0 radical (unpaired) electrons. The van der Waals surface area contributed by atoms with Crippen LogP contribution >= 0.6 is 11.9 Å². The van der Waals surface area contributed by atoms with E-state index in [1.807, 2.05) is 6.92 Å². The number of halogens is 1. The highest BCUT2D eigenvalue weighted by atomic mass is 32.2. The third kappa shape index (κ3) is 11.0. The van der Waals surface area contributed by atoms with Crippen LogP contribution < -0.4 is 21.3 Å². The van der Waals surface area contributed by atoms with Gasteiger partial charge in [-0.05, 0) is 56.0 Å². The number of hydrogen-bond donors (Lipinski definition) is 5. The van der Waals surface area contributed by atoms with Crippen molar-refractivity contribution in [1.29, 1.82) is 5.41 Å². The molecule has 6 N–H and O–H groups in total. The molecule has 0 saturated carbocycles. The van der Waals surface area contributed by atoms with E-state index < -0.39 is 6.10 Å². The molecule has 33 heavy (non-hydrogen) atoms. The minimum atomic E-state index is -0.662. The van der Waals surface area contributed by atoms with Gasteiger partial charge in [0.25, 0.3) is 5.56 Å². The maximum Gasteiger partial charge on any atom is 0.275 e. The van der Waals surface area contributed by atoms with Gasteiger partial charge >= 0.3 is 0 Å². The fourth-order valence-corrected chi connectivity index (χ4v) is 3.58. The zero-order chi connectivity index (χ0) is 24.8. The summed E-state index contributed by atoms with van der Waals surface area (Å²) < 4.78 is 17.9. The number of carbonyl (C=O) groups excluding carboxylic acids is 1. The lowest BCUT2D eigenvalue weighted by atomic mass is 10.1. The van der Waals surface area contributed by atoms with Crippen molar-refractivity contribution in [3.63, 3.8) is 0 Å². The Morgan fingerprint density at radius 2 is 1.97 bits per heavy atom. The molecule has 8 nitrogen and oxygen atoms in total. The van der Waals surface area contributed by atoms with Gasteiger partial charge < -0.3 is 25.4 Å². The van der Waals surface area contributed by atoms with Crippen molar-refractivity contribution in [2.24, 2.45) is 5.73 Å². The van der Waals surface area contributed by atoms with Crippen molar-refractivity contribution in [3.8, 4) is 0 Å². The van der Waals surface area contributed by atoms with Crippen LogP contribution in [-0.2, 0) is 17.1 Å². The molecule has 10 heteroatoms. The Balaban J connectivity index is 0.00000125. The quantitative estimate of drug-likeness (QED) is 0.191. The van der Waals surface area contributed by atoms with E-state index >= 15 is 0 Å². The van der Waals surface area contributed by atoms with Crippen LogP contribution in [0.4, 0.5) is 10.1 Å². The second-order valence-electron chi connectivity index (χ2n) is 7.58. The molecule has 2 aromatic rings. The number of rotatable bonds is 11. The van der Waals surface area contributed by atoms with Crippen molar-refractivity contribution in [1.82, 2.24) is 9.88 Å². The molecule has 0 bridgehead atoms. The molecule has 2 rings (SSSR count). The average Bonchev–Trinajstić information content (AvgIpc) is 2.74. The fourth-order valence-electron chi connectivity index (χ4n) is 2.81. The minimum Gasteiger partial charge on any atom is -0.391 e. The van der Waals surface area contributed by atoms with E-state index in [1.54, 1.807) is 37.3 Å². The first kappa shape index (κ1) is 28.2. The predicted molar refractivity (Wildman–Crippen MR) is 133 cm³/mol. The smallest absolute Gasteiger partial charge is 0.275 e. The summed E-state index contributed by atoms with van der Waals surface area (Å²) in [5.41, 5.74) is 5.21. The molecule has 0 fully saturated rings. The second-order valence-corrected chi connectivity index (χ2v) is 8.36. The van der Waals surface area contributed by atoms with Crippen molar-refractivity contribution in [3.05, 3.63) is 64.3 Å². The highest BCUT2D eigenvalue weighted by Gasteiger charge is 2.17. The van der Waals surface area contributed by atoms with Crippen LogP contribution in [0.25, 0.3) is 0 Å². The topological polar surface area (TPSA) is 133 Å². The Bertz CT molecular complexity index is 948. The molecule has 2 atom stereocenters. The average molecular weight is 480 g/mol. The van der Waals surface area contributed by atoms with E-state index in [-0.39, 0.29) is 35.7 Å². The molecule has 1 aromatic heterocycles. The lowest BCUT2D eigenvalue weighted by molar-refractivity contribution is -0.123. The molecule has 1 heterocycles. The Labute approximate surface area is 198 Å². The maximum atomic E-state index is 13.7. The Morgan fingerprint density at radius 3 is 2.58 bits per heavy atom. The van der Waals surface area contributed by atoms with Crippen molar-refractivity contribution < 1.29 is 14.3 Å². The van der Waals surface area contributed by atoms with Crippen LogP contribution in [0, 0.1) is 11.2 Å². The summed E-state index contributed by atoms with van der Waals surface area (Å²) >= 11 is 1.20. The third-order valence-electron chi connectivity index (χ3n) is 4.50. The number of aliphatic hydroxyl groups excluding tert-OH is 1. The molecule has 0 aliphatic carbocycles. The molecule has 0 aliphatic rings. The molecule has 1 aromatic carbocycles. The van der Waals surface area contributed by atoms with Crippen molar-refractivity contribution in [2.75, 3.05) is 4.72 Å².